The maximum absolute atomic E-state index is 11.2. The Morgan fingerprint density at radius 1 is 1.67 bits per heavy atom. The van der Waals surface area contributed by atoms with Crippen LogP contribution in [0, 0.1) is 0 Å². The second kappa shape index (κ2) is 3.26. The van der Waals surface area contributed by atoms with Crippen molar-refractivity contribution in [2.45, 2.75) is 13.5 Å². The van der Waals surface area contributed by atoms with Crippen LogP contribution in [0.1, 0.15) is 6.92 Å². The summed E-state index contributed by atoms with van der Waals surface area (Å²) in [6.45, 7) is 6.12. The molecule has 1 aromatic heterocycles. The van der Waals surface area contributed by atoms with Crippen LogP contribution in [0.15, 0.2) is 35.3 Å². The van der Waals surface area contributed by atoms with Crippen molar-refractivity contribution in [3.8, 4) is 0 Å². The maximum Gasteiger partial charge on any atom is 0.250 e. The van der Waals surface area contributed by atoms with Crippen molar-refractivity contribution >= 4 is 5.69 Å². The molecule has 1 heterocycles. The Labute approximate surface area is 71.1 Å². The summed E-state index contributed by atoms with van der Waals surface area (Å²) in [5.41, 5.74) is 6.99. The van der Waals surface area contributed by atoms with E-state index in [1.54, 1.807) is 12.3 Å². The van der Waals surface area contributed by atoms with Gasteiger partial charge in [0.1, 0.15) is 0 Å². The highest BCUT2D eigenvalue weighted by molar-refractivity contribution is 5.33. The molecule has 0 bridgehead atoms. The van der Waals surface area contributed by atoms with Crippen molar-refractivity contribution in [1.82, 2.24) is 4.57 Å². The Kier molecular flexibility index (Phi) is 2.33. The molecule has 0 aromatic carbocycles. The van der Waals surface area contributed by atoms with Gasteiger partial charge in [-0.2, -0.15) is 0 Å². The Morgan fingerprint density at radius 2 is 2.33 bits per heavy atom. The van der Waals surface area contributed by atoms with Gasteiger partial charge in [-0.3, -0.25) is 4.79 Å². The van der Waals surface area contributed by atoms with Gasteiger partial charge in [-0.05, 0) is 13.0 Å². The summed E-state index contributed by atoms with van der Waals surface area (Å²) in [5.74, 6) is 0. The zero-order valence-corrected chi connectivity index (χ0v) is 7.08. The second-order valence-electron chi connectivity index (χ2n) is 2.89. The number of nitrogen functional groups attached to an aromatic ring is 1. The molecule has 1 aromatic rings. The van der Waals surface area contributed by atoms with E-state index in [0.717, 1.165) is 5.57 Å². The van der Waals surface area contributed by atoms with Gasteiger partial charge in [0.15, 0.2) is 0 Å². The molecule has 0 atom stereocenters. The first-order valence-corrected chi connectivity index (χ1v) is 3.70. The quantitative estimate of drug-likeness (QED) is 0.663. The van der Waals surface area contributed by atoms with Crippen LogP contribution in [-0.4, -0.2) is 4.57 Å². The molecule has 1 rings (SSSR count). The minimum absolute atomic E-state index is 0.0489. The summed E-state index contributed by atoms with van der Waals surface area (Å²) < 4.78 is 1.54. The minimum atomic E-state index is -0.0489. The average molecular weight is 164 g/mol. The topological polar surface area (TPSA) is 48.0 Å². The van der Waals surface area contributed by atoms with Crippen molar-refractivity contribution < 1.29 is 0 Å². The molecule has 0 unspecified atom stereocenters. The smallest absolute Gasteiger partial charge is 0.250 e. The van der Waals surface area contributed by atoms with Gasteiger partial charge in [0.2, 0.25) is 0 Å². The van der Waals surface area contributed by atoms with Gasteiger partial charge in [0, 0.05) is 24.5 Å². The number of hydrogen-bond acceptors (Lipinski definition) is 2. The van der Waals surface area contributed by atoms with Crippen LogP contribution in [0.3, 0.4) is 0 Å². The van der Waals surface area contributed by atoms with Crippen LogP contribution >= 0.6 is 0 Å². The van der Waals surface area contributed by atoms with Gasteiger partial charge in [-0.25, -0.2) is 0 Å². The lowest BCUT2D eigenvalue weighted by Crippen LogP contribution is -2.19. The highest BCUT2D eigenvalue weighted by atomic mass is 16.1. The zero-order chi connectivity index (χ0) is 9.14. The van der Waals surface area contributed by atoms with E-state index in [1.807, 2.05) is 6.92 Å². The van der Waals surface area contributed by atoms with Gasteiger partial charge in [0.25, 0.3) is 5.56 Å². The lowest BCUT2D eigenvalue weighted by molar-refractivity contribution is 0.751. The molecule has 2 N–H and O–H groups in total. The third kappa shape index (κ3) is 1.99. The van der Waals surface area contributed by atoms with Crippen LogP contribution in [0.25, 0.3) is 0 Å². The number of rotatable bonds is 2. The lowest BCUT2D eigenvalue weighted by Gasteiger charge is -2.04. The second-order valence-corrected chi connectivity index (χ2v) is 2.89. The van der Waals surface area contributed by atoms with E-state index in [4.69, 9.17) is 5.73 Å². The summed E-state index contributed by atoms with van der Waals surface area (Å²) in [5, 5.41) is 0. The first kappa shape index (κ1) is 8.59. The molecule has 0 radical (unpaired) electrons. The number of nitrogens with two attached hydrogens (primary N) is 1. The monoisotopic (exact) mass is 164 g/mol. The predicted octanol–water partition coefficient (Wildman–Crippen LogP) is 1.01. The first-order chi connectivity index (χ1) is 5.59. The summed E-state index contributed by atoms with van der Waals surface area (Å²) >= 11 is 0. The van der Waals surface area contributed by atoms with Crippen molar-refractivity contribution in [2.24, 2.45) is 0 Å². The van der Waals surface area contributed by atoms with Gasteiger partial charge >= 0.3 is 0 Å². The summed E-state index contributed by atoms with van der Waals surface area (Å²) in [6.07, 6.45) is 1.62. The van der Waals surface area contributed by atoms with Crippen LogP contribution in [-0.2, 0) is 6.54 Å². The minimum Gasteiger partial charge on any atom is -0.398 e. The van der Waals surface area contributed by atoms with E-state index >= 15 is 0 Å². The zero-order valence-electron chi connectivity index (χ0n) is 7.08. The van der Waals surface area contributed by atoms with Gasteiger partial charge in [-0.15, -0.1) is 0 Å². The highest BCUT2D eigenvalue weighted by Gasteiger charge is 1.95. The molecule has 3 nitrogen and oxygen atoms in total. The molecular weight excluding hydrogens is 152 g/mol. The fourth-order valence-electron chi connectivity index (χ4n) is 0.964. The van der Waals surface area contributed by atoms with E-state index in [2.05, 4.69) is 6.58 Å². The molecular formula is C9H12N2O. The van der Waals surface area contributed by atoms with Crippen LogP contribution in [0.5, 0.6) is 0 Å². The number of hydrogen-bond donors (Lipinski definition) is 1. The Bertz CT molecular complexity index is 352. The van der Waals surface area contributed by atoms with Crippen molar-refractivity contribution in [2.75, 3.05) is 5.73 Å². The number of nitrogens with zero attached hydrogens (tertiary/aromatic N) is 1. The number of allylic oxidation sites excluding steroid dienone is 1. The lowest BCUT2D eigenvalue weighted by atomic mass is 10.3. The fraction of sp³-hybridized carbons (Fsp3) is 0.222. The van der Waals surface area contributed by atoms with E-state index in [1.165, 1.54) is 10.6 Å². The maximum atomic E-state index is 11.2. The fourth-order valence-corrected chi connectivity index (χ4v) is 0.964. The average Bonchev–Trinajstić information content (AvgIpc) is 1.96. The third-order valence-electron chi connectivity index (χ3n) is 1.45. The molecule has 0 aliphatic heterocycles. The summed E-state index contributed by atoms with van der Waals surface area (Å²) in [4.78, 5) is 11.2. The summed E-state index contributed by atoms with van der Waals surface area (Å²) in [6, 6.07) is 3.05. The van der Waals surface area contributed by atoms with E-state index in [0.29, 0.717) is 12.2 Å². The third-order valence-corrected chi connectivity index (χ3v) is 1.45. The number of anilines is 1. The van der Waals surface area contributed by atoms with E-state index in [-0.39, 0.29) is 5.56 Å². The van der Waals surface area contributed by atoms with Gasteiger partial charge in [0.05, 0.1) is 0 Å². The van der Waals surface area contributed by atoms with Crippen molar-refractivity contribution in [3.63, 3.8) is 0 Å². The largest absolute Gasteiger partial charge is 0.398 e. The molecule has 0 amide bonds. The molecule has 0 spiro atoms. The molecule has 12 heavy (non-hydrogen) atoms. The molecule has 64 valence electrons. The Hall–Kier alpha value is -1.51. The van der Waals surface area contributed by atoms with Gasteiger partial charge in [-0.1, -0.05) is 12.2 Å². The van der Waals surface area contributed by atoms with Crippen LogP contribution in [0.4, 0.5) is 5.69 Å². The van der Waals surface area contributed by atoms with E-state index in [9.17, 15) is 4.79 Å². The Morgan fingerprint density at radius 3 is 2.92 bits per heavy atom. The van der Waals surface area contributed by atoms with Crippen LogP contribution in [0.2, 0.25) is 0 Å². The number of pyridine rings is 1. The van der Waals surface area contributed by atoms with E-state index < -0.39 is 0 Å². The summed E-state index contributed by atoms with van der Waals surface area (Å²) in [7, 11) is 0. The standard InChI is InChI=1S/C9H12N2O/c1-7(2)5-11-6-8(10)3-4-9(11)12/h3-4,6H,1,5,10H2,2H3. The Balaban J connectivity index is 3.06. The molecule has 0 fully saturated rings. The molecule has 0 aliphatic carbocycles. The SMILES string of the molecule is C=C(C)Cn1cc(N)ccc1=O. The molecule has 0 saturated heterocycles. The van der Waals surface area contributed by atoms with Gasteiger partial charge < -0.3 is 10.3 Å². The molecule has 0 saturated carbocycles. The molecule has 3 heteroatoms. The molecule has 0 aliphatic rings. The normalized spacial score (nSPS) is 9.75. The van der Waals surface area contributed by atoms with Crippen molar-refractivity contribution in [3.05, 3.63) is 40.8 Å². The van der Waals surface area contributed by atoms with Crippen LogP contribution < -0.4 is 11.3 Å². The van der Waals surface area contributed by atoms with Crippen molar-refractivity contribution in [1.29, 1.82) is 0 Å². The first-order valence-electron chi connectivity index (χ1n) is 3.70. The highest BCUT2D eigenvalue weighted by Crippen LogP contribution is 1.98. The predicted molar refractivity (Wildman–Crippen MR) is 49.9 cm³/mol. The number of aromatic nitrogens is 1.